The highest BCUT2D eigenvalue weighted by Crippen LogP contribution is 2.39. The van der Waals surface area contributed by atoms with Crippen LogP contribution in [-0.4, -0.2) is 46.9 Å². The highest BCUT2D eigenvalue weighted by atomic mass is 35.5. The molecule has 8 nitrogen and oxygen atoms in total. The number of halogens is 1. The van der Waals surface area contributed by atoms with Crippen molar-refractivity contribution in [1.82, 2.24) is 4.98 Å². The van der Waals surface area contributed by atoms with Gasteiger partial charge in [-0.3, -0.25) is 19.3 Å². The molecular weight excluding hydrogens is 352 g/mol. The molecule has 1 saturated heterocycles. The molecule has 1 atom stereocenters. The molecule has 1 aliphatic carbocycles. The topological polar surface area (TPSA) is 106 Å². The van der Waals surface area contributed by atoms with E-state index in [-0.39, 0.29) is 25.6 Å². The van der Waals surface area contributed by atoms with E-state index in [4.69, 9.17) is 14.6 Å². The van der Waals surface area contributed by atoms with E-state index < -0.39 is 30.1 Å². The number of nitrogens with zero attached hydrogens (tertiary/aromatic N) is 2. The molecular formula is C16H19ClN2O6. The number of hydrogen-bond acceptors (Lipinski definition) is 6. The Morgan fingerprint density at radius 3 is 2.76 bits per heavy atom. The first-order valence-electron chi connectivity index (χ1n) is 7.75. The van der Waals surface area contributed by atoms with Crippen LogP contribution < -0.4 is 4.90 Å². The molecule has 2 aliphatic rings. The van der Waals surface area contributed by atoms with Crippen LogP contribution in [0.15, 0.2) is 18.2 Å². The third kappa shape index (κ3) is 4.08. The van der Waals surface area contributed by atoms with E-state index in [0.29, 0.717) is 11.7 Å². The number of carboxylic acid groups (broad SMARTS) is 1. The van der Waals surface area contributed by atoms with Gasteiger partial charge in [-0.15, -0.1) is 12.4 Å². The van der Waals surface area contributed by atoms with Crippen molar-refractivity contribution in [1.29, 1.82) is 0 Å². The highest BCUT2D eigenvalue weighted by molar-refractivity contribution is 6.01. The molecule has 0 spiro atoms. The number of amides is 1. The SMILES string of the molecule is CC(=O)O[C@@]1(CC(=O)O)OCCN(c2cccc(C3CC3)n2)C1=O.Cl. The highest BCUT2D eigenvalue weighted by Gasteiger charge is 2.51. The number of aliphatic carboxylic acids is 1. The van der Waals surface area contributed by atoms with Crippen LogP contribution in [-0.2, 0) is 23.9 Å². The second kappa shape index (κ2) is 7.37. The lowest BCUT2D eigenvalue weighted by molar-refractivity contribution is -0.234. The minimum Gasteiger partial charge on any atom is -0.481 e. The fraction of sp³-hybridized carbons (Fsp3) is 0.500. The van der Waals surface area contributed by atoms with Crippen LogP contribution in [0.25, 0.3) is 0 Å². The predicted molar refractivity (Wildman–Crippen MR) is 88.5 cm³/mol. The number of anilines is 1. The maximum absolute atomic E-state index is 12.8. The van der Waals surface area contributed by atoms with E-state index in [1.165, 1.54) is 4.90 Å². The predicted octanol–water partition coefficient (Wildman–Crippen LogP) is 1.48. The van der Waals surface area contributed by atoms with Crippen LogP contribution >= 0.6 is 12.4 Å². The molecule has 25 heavy (non-hydrogen) atoms. The molecule has 136 valence electrons. The van der Waals surface area contributed by atoms with Gasteiger partial charge in [0, 0.05) is 18.5 Å². The van der Waals surface area contributed by atoms with E-state index in [9.17, 15) is 14.4 Å². The number of carbonyl (C=O) groups is 3. The summed E-state index contributed by atoms with van der Waals surface area (Å²) < 4.78 is 10.3. The summed E-state index contributed by atoms with van der Waals surface area (Å²) in [7, 11) is 0. The van der Waals surface area contributed by atoms with E-state index in [2.05, 4.69) is 4.98 Å². The summed E-state index contributed by atoms with van der Waals surface area (Å²) in [4.78, 5) is 41.1. The Labute approximate surface area is 150 Å². The number of rotatable bonds is 5. The maximum Gasteiger partial charge on any atom is 0.310 e. The average Bonchev–Trinajstić information content (AvgIpc) is 3.34. The molecule has 2 heterocycles. The second-order valence-electron chi connectivity index (χ2n) is 5.92. The molecule has 0 aromatic carbocycles. The third-order valence-corrected chi connectivity index (χ3v) is 3.94. The van der Waals surface area contributed by atoms with Crippen LogP contribution in [0.2, 0.25) is 0 Å². The zero-order valence-electron chi connectivity index (χ0n) is 13.6. The molecule has 1 aromatic rings. The first-order chi connectivity index (χ1) is 11.4. The Morgan fingerprint density at radius 1 is 1.44 bits per heavy atom. The van der Waals surface area contributed by atoms with Crippen LogP contribution in [0, 0.1) is 0 Å². The molecule has 1 amide bonds. The van der Waals surface area contributed by atoms with Crippen molar-refractivity contribution < 1.29 is 29.0 Å². The second-order valence-corrected chi connectivity index (χ2v) is 5.92. The number of morpholine rings is 1. The van der Waals surface area contributed by atoms with Crippen molar-refractivity contribution in [2.75, 3.05) is 18.1 Å². The number of carboxylic acids is 1. The molecule has 9 heteroatoms. The molecule has 1 saturated carbocycles. The molecule has 3 rings (SSSR count). The van der Waals surface area contributed by atoms with Gasteiger partial charge in [0.2, 0.25) is 0 Å². The first kappa shape index (κ1) is 19.1. The van der Waals surface area contributed by atoms with Crippen molar-refractivity contribution in [2.24, 2.45) is 0 Å². The zero-order valence-corrected chi connectivity index (χ0v) is 14.5. The normalized spacial score (nSPS) is 22.9. The number of esters is 1. The first-order valence-corrected chi connectivity index (χ1v) is 7.75. The van der Waals surface area contributed by atoms with Gasteiger partial charge in [-0.1, -0.05) is 6.07 Å². The van der Waals surface area contributed by atoms with Gasteiger partial charge in [-0.2, -0.15) is 0 Å². The van der Waals surface area contributed by atoms with Crippen molar-refractivity contribution in [3.05, 3.63) is 23.9 Å². The Balaban J connectivity index is 0.00000225. The summed E-state index contributed by atoms with van der Waals surface area (Å²) in [5.74, 6) is -4.13. The summed E-state index contributed by atoms with van der Waals surface area (Å²) >= 11 is 0. The summed E-state index contributed by atoms with van der Waals surface area (Å²) in [5.41, 5.74) is 0.906. The van der Waals surface area contributed by atoms with Gasteiger partial charge in [0.05, 0.1) is 13.2 Å². The van der Waals surface area contributed by atoms with Gasteiger partial charge in [0.1, 0.15) is 12.2 Å². The van der Waals surface area contributed by atoms with Gasteiger partial charge >= 0.3 is 23.6 Å². The molecule has 0 radical (unpaired) electrons. The maximum atomic E-state index is 12.8. The summed E-state index contributed by atoms with van der Waals surface area (Å²) in [6, 6.07) is 5.39. The Kier molecular flexibility index (Phi) is 5.64. The molecule has 1 aromatic heterocycles. The lowest BCUT2D eigenvalue weighted by Gasteiger charge is -2.39. The molecule has 1 aliphatic heterocycles. The van der Waals surface area contributed by atoms with E-state index in [0.717, 1.165) is 25.5 Å². The minimum absolute atomic E-state index is 0. The number of aromatic nitrogens is 1. The average molecular weight is 371 g/mol. The van der Waals surface area contributed by atoms with Gasteiger partial charge in [-0.05, 0) is 25.0 Å². The van der Waals surface area contributed by atoms with Crippen LogP contribution in [0.5, 0.6) is 0 Å². The number of pyridine rings is 1. The van der Waals surface area contributed by atoms with Gasteiger partial charge in [0.15, 0.2) is 0 Å². The van der Waals surface area contributed by atoms with E-state index in [1.54, 1.807) is 6.07 Å². The number of carbonyl (C=O) groups excluding carboxylic acids is 2. The monoisotopic (exact) mass is 370 g/mol. The van der Waals surface area contributed by atoms with Crippen molar-refractivity contribution in [2.45, 2.75) is 37.9 Å². The lowest BCUT2D eigenvalue weighted by Crippen LogP contribution is -2.60. The van der Waals surface area contributed by atoms with Crippen molar-refractivity contribution in [3.63, 3.8) is 0 Å². The zero-order chi connectivity index (χ0) is 17.3. The summed E-state index contributed by atoms with van der Waals surface area (Å²) in [6.45, 7) is 1.36. The number of ether oxygens (including phenoxy) is 2. The molecule has 0 bridgehead atoms. The summed E-state index contributed by atoms with van der Waals surface area (Å²) in [5, 5.41) is 9.09. The van der Waals surface area contributed by atoms with Crippen LogP contribution in [0.1, 0.15) is 37.8 Å². The third-order valence-electron chi connectivity index (χ3n) is 3.94. The van der Waals surface area contributed by atoms with E-state index in [1.807, 2.05) is 12.1 Å². The van der Waals surface area contributed by atoms with Gasteiger partial charge in [-0.25, -0.2) is 4.98 Å². The standard InChI is InChI=1S/C16H18N2O6.ClH/c1-10(19)24-16(9-14(20)21)15(22)18(7-8-23-16)13-4-2-3-12(17-13)11-5-6-11;/h2-4,11H,5-9H2,1H3,(H,20,21);1H/t16-;/m1./s1. The lowest BCUT2D eigenvalue weighted by atomic mass is 10.1. The fourth-order valence-corrected chi connectivity index (χ4v) is 2.75. The number of hydrogen-bond donors (Lipinski definition) is 1. The molecule has 1 N–H and O–H groups in total. The van der Waals surface area contributed by atoms with Gasteiger partial charge < -0.3 is 14.6 Å². The Hall–Kier alpha value is -2.19. The van der Waals surface area contributed by atoms with Crippen LogP contribution in [0.4, 0.5) is 5.82 Å². The smallest absolute Gasteiger partial charge is 0.310 e. The minimum atomic E-state index is -2.15. The van der Waals surface area contributed by atoms with Crippen molar-refractivity contribution >= 4 is 36.1 Å². The summed E-state index contributed by atoms with van der Waals surface area (Å²) in [6.07, 6.45) is 1.39. The molecule has 2 fully saturated rings. The Morgan fingerprint density at radius 2 is 2.16 bits per heavy atom. The fourth-order valence-electron chi connectivity index (χ4n) is 2.75. The molecule has 0 unspecified atom stereocenters. The largest absolute Gasteiger partial charge is 0.481 e. The Bertz CT molecular complexity index is 675. The van der Waals surface area contributed by atoms with Gasteiger partial charge in [0.25, 0.3) is 0 Å². The van der Waals surface area contributed by atoms with Crippen molar-refractivity contribution in [3.8, 4) is 0 Å². The van der Waals surface area contributed by atoms with Crippen LogP contribution in [0.3, 0.4) is 0 Å². The quantitative estimate of drug-likeness (QED) is 0.782. The van der Waals surface area contributed by atoms with E-state index >= 15 is 0 Å².